The van der Waals surface area contributed by atoms with Gasteiger partial charge >= 0.3 is 0 Å². The van der Waals surface area contributed by atoms with Crippen LogP contribution in [0.4, 0.5) is 0 Å². The van der Waals surface area contributed by atoms with Gasteiger partial charge < -0.3 is 10.2 Å². The summed E-state index contributed by atoms with van der Waals surface area (Å²) < 4.78 is 0.951. The van der Waals surface area contributed by atoms with Crippen molar-refractivity contribution in [3.63, 3.8) is 0 Å². The Morgan fingerprint density at radius 3 is 2.29 bits per heavy atom. The molecule has 0 aliphatic heterocycles. The molecular weight excluding hydrogens is 508 g/mol. The van der Waals surface area contributed by atoms with Gasteiger partial charge in [0.05, 0.1) is 0 Å². The molecule has 6 heteroatoms. The highest BCUT2D eigenvalue weighted by atomic mass is 79.9. The highest BCUT2D eigenvalue weighted by molar-refractivity contribution is 9.10. The normalized spacial score (nSPS) is 11.6. The van der Waals surface area contributed by atoms with E-state index in [1.807, 2.05) is 91.9 Å². The van der Waals surface area contributed by atoms with Crippen LogP contribution in [0.15, 0.2) is 94.3 Å². The minimum atomic E-state index is -0.581. The van der Waals surface area contributed by atoms with Gasteiger partial charge in [0.2, 0.25) is 11.8 Å². The van der Waals surface area contributed by atoms with Crippen LogP contribution in [-0.2, 0) is 22.6 Å². The average Bonchev–Trinajstić information content (AvgIpc) is 2.86. The summed E-state index contributed by atoms with van der Waals surface area (Å²) in [7, 11) is 0. The van der Waals surface area contributed by atoms with Crippen molar-refractivity contribution in [3.05, 3.63) is 101 Å². The number of halogens is 1. The number of benzene rings is 3. The number of hydrogen-bond donors (Lipinski definition) is 1. The van der Waals surface area contributed by atoms with Crippen molar-refractivity contribution in [1.82, 2.24) is 10.2 Å². The van der Waals surface area contributed by atoms with Gasteiger partial charge in [-0.05, 0) is 41.8 Å². The molecule has 0 unspecified atom stereocenters. The fourth-order valence-corrected chi connectivity index (χ4v) is 4.98. The highest BCUT2D eigenvalue weighted by Crippen LogP contribution is 2.21. The predicted molar refractivity (Wildman–Crippen MR) is 144 cm³/mol. The van der Waals surface area contributed by atoms with Crippen LogP contribution >= 0.6 is 27.7 Å². The van der Waals surface area contributed by atoms with Crippen LogP contribution in [-0.4, -0.2) is 35.1 Å². The Morgan fingerprint density at radius 1 is 0.941 bits per heavy atom. The molecule has 0 saturated heterocycles. The van der Waals surface area contributed by atoms with E-state index in [0.717, 1.165) is 26.9 Å². The summed E-state index contributed by atoms with van der Waals surface area (Å²) in [5, 5.41) is 3.02. The summed E-state index contributed by atoms with van der Waals surface area (Å²) in [5.41, 5.74) is 2.02. The molecule has 0 saturated carbocycles. The summed E-state index contributed by atoms with van der Waals surface area (Å²) in [4.78, 5) is 29.7. The van der Waals surface area contributed by atoms with Gasteiger partial charge in [-0.25, -0.2) is 0 Å². The van der Waals surface area contributed by atoms with Crippen LogP contribution in [0.5, 0.6) is 0 Å². The van der Waals surface area contributed by atoms with E-state index in [2.05, 4.69) is 21.2 Å². The van der Waals surface area contributed by atoms with E-state index in [0.29, 0.717) is 31.7 Å². The number of nitrogens with zero attached hydrogens (tertiary/aromatic N) is 1. The van der Waals surface area contributed by atoms with Crippen LogP contribution in [0.25, 0.3) is 0 Å². The van der Waals surface area contributed by atoms with Gasteiger partial charge in [0.15, 0.2) is 0 Å². The van der Waals surface area contributed by atoms with Crippen molar-refractivity contribution in [2.75, 3.05) is 12.3 Å². The van der Waals surface area contributed by atoms with Gasteiger partial charge in [0.1, 0.15) is 6.04 Å². The molecule has 3 aromatic rings. The number of hydrogen-bond acceptors (Lipinski definition) is 3. The van der Waals surface area contributed by atoms with Crippen LogP contribution < -0.4 is 5.32 Å². The minimum absolute atomic E-state index is 0.0176. The van der Waals surface area contributed by atoms with E-state index in [-0.39, 0.29) is 11.8 Å². The second-order valence-electron chi connectivity index (χ2n) is 8.06. The molecule has 3 aromatic carbocycles. The van der Waals surface area contributed by atoms with E-state index >= 15 is 0 Å². The molecule has 3 rings (SSSR count). The van der Waals surface area contributed by atoms with Crippen LogP contribution in [0, 0.1) is 0 Å². The zero-order valence-corrected chi connectivity index (χ0v) is 21.9. The second-order valence-corrected chi connectivity index (χ2v) is 10.1. The lowest BCUT2D eigenvalue weighted by atomic mass is 10.0. The molecule has 0 heterocycles. The SMILES string of the molecule is CCCNC(=O)[C@@H](Cc1ccccc1)N(Cc1cccc(Br)c1)C(=O)CCSc1ccccc1. The number of rotatable bonds is 12. The minimum Gasteiger partial charge on any atom is -0.354 e. The number of carbonyl (C=O) groups is 2. The molecule has 2 amide bonds. The summed E-state index contributed by atoms with van der Waals surface area (Å²) >= 11 is 5.18. The zero-order chi connectivity index (χ0) is 24.2. The average molecular weight is 540 g/mol. The van der Waals surface area contributed by atoms with E-state index in [1.165, 1.54) is 0 Å². The molecule has 0 bridgehead atoms. The monoisotopic (exact) mass is 538 g/mol. The summed E-state index contributed by atoms with van der Waals surface area (Å²) in [6.45, 7) is 3.00. The standard InChI is InChI=1S/C28H31BrN2O2S/c1-2-17-30-28(33)26(20-22-10-5-3-6-11-22)31(21-23-12-9-13-24(29)19-23)27(32)16-18-34-25-14-7-4-8-15-25/h3-15,19,26H,2,16-18,20-21H2,1H3,(H,30,33)/t26-/m1/s1. The van der Waals surface area contributed by atoms with Crippen molar-refractivity contribution in [3.8, 4) is 0 Å². The van der Waals surface area contributed by atoms with E-state index in [1.54, 1.807) is 16.7 Å². The van der Waals surface area contributed by atoms with Crippen molar-refractivity contribution >= 4 is 39.5 Å². The topological polar surface area (TPSA) is 49.4 Å². The lowest BCUT2D eigenvalue weighted by Crippen LogP contribution is -2.50. The Balaban J connectivity index is 1.83. The first-order valence-corrected chi connectivity index (χ1v) is 13.4. The molecule has 0 aliphatic carbocycles. The van der Waals surface area contributed by atoms with Gasteiger partial charge in [0.25, 0.3) is 0 Å². The van der Waals surface area contributed by atoms with E-state index in [9.17, 15) is 9.59 Å². The third kappa shape index (κ3) is 8.33. The first kappa shape index (κ1) is 26.0. The van der Waals surface area contributed by atoms with Gasteiger partial charge in [-0.15, -0.1) is 11.8 Å². The molecule has 4 nitrogen and oxygen atoms in total. The lowest BCUT2D eigenvalue weighted by Gasteiger charge is -2.31. The first-order valence-electron chi connectivity index (χ1n) is 11.6. The summed E-state index contributed by atoms with van der Waals surface area (Å²) in [6.07, 6.45) is 1.68. The second kappa shape index (κ2) is 14.0. The highest BCUT2D eigenvalue weighted by Gasteiger charge is 2.30. The van der Waals surface area contributed by atoms with Crippen molar-refractivity contribution in [2.45, 2.75) is 43.7 Å². The van der Waals surface area contributed by atoms with Crippen molar-refractivity contribution < 1.29 is 9.59 Å². The Labute approximate surface area is 215 Å². The smallest absolute Gasteiger partial charge is 0.243 e. The molecule has 0 fully saturated rings. The maximum absolute atomic E-state index is 13.6. The van der Waals surface area contributed by atoms with Gasteiger partial charge in [-0.1, -0.05) is 83.5 Å². The Morgan fingerprint density at radius 2 is 1.62 bits per heavy atom. The molecule has 178 valence electrons. The predicted octanol–water partition coefficient (Wildman–Crippen LogP) is 6.10. The van der Waals surface area contributed by atoms with Gasteiger partial charge in [-0.3, -0.25) is 9.59 Å². The fraction of sp³-hybridized carbons (Fsp3) is 0.286. The molecule has 34 heavy (non-hydrogen) atoms. The van der Waals surface area contributed by atoms with Crippen LogP contribution in [0.3, 0.4) is 0 Å². The van der Waals surface area contributed by atoms with Gasteiger partial charge in [0, 0.05) is 41.1 Å². The van der Waals surface area contributed by atoms with Crippen LogP contribution in [0.2, 0.25) is 0 Å². The number of amides is 2. The molecule has 0 aliphatic rings. The van der Waals surface area contributed by atoms with E-state index < -0.39 is 6.04 Å². The number of thioether (sulfide) groups is 1. The third-order valence-corrected chi connectivity index (χ3v) is 6.90. The Bertz CT molecular complexity index is 1050. The summed E-state index contributed by atoms with van der Waals surface area (Å²) in [6, 6.07) is 27.3. The molecule has 0 aromatic heterocycles. The Kier molecular flexibility index (Phi) is 10.7. The first-order chi connectivity index (χ1) is 16.6. The molecule has 1 atom stereocenters. The summed E-state index contributed by atoms with van der Waals surface area (Å²) in [5.74, 6) is 0.535. The maximum atomic E-state index is 13.6. The molecule has 0 spiro atoms. The maximum Gasteiger partial charge on any atom is 0.243 e. The molecular formula is C28H31BrN2O2S. The third-order valence-electron chi connectivity index (χ3n) is 5.39. The largest absolute Gasteiger partial charge is 0.354 e. The van der Waals surface area contributed by atoms with Crippen LogP contribution in [0.1, 0.15) is 30.9 Å². The van der Waals surface area contributed by atoms with Crippen molar-refractivity contribution in [2.24, 2.45) is 0 Å². The molecule has 1 N–H and O–H groups in total. The number of carbonyl (C=O) groups excluding carboxylic acids is 2. The number of nitrogens with one attached hydrogen (secondary N) is 1. The zero-order valence-electron chi connectivity index (χ0n) is 19.5. The fourth-order valence-electron chi connectivity index (χ4n) is 3.67. The quantitative estimate of drug-likeness (QED) is 0.283. The molecule has 0 radical (unpaired) electrons. The lowest BCUT2D eigenvalue weighted by molar-refractivity contribution is -0.141. The van der Waals surface area contributed by atoms with E-state index in [4.69, 9.17) is 0 Å². The van der Waals surface area contributed by atoms with Crippen molar-refractivity contribution in [1.29, 1.82) is 0 Å². The Hall–Kier alpha value is -2.57. The van der Waals surface area contributed by atoms with Gasteiger partial charge in [-0.2, -0.15) is 0 Å².